The van der Waals surface area contributed by atoms with Crippen molar-refractivity contribution in [2.45, 2.75) is 6.10 Å². The van der Waals surface area contributed by atoms with E-state index in [1.54, 1.807) is 18.2 Å². The predicted octanol–water partition coefficient (Wildman–Crippen LogP) is 4.46. The Labute approximate surface area is 203 Å². The Bertz CT molecular complexity index is 1160. The number of nitrogens with zero attached hydrogens (tertiary/aromatic N) is 2. The van der Waals surface area contributed by atoms with E-state index in [4.69, 9.17) is 14.2 Å². The summed E-state index contributed by atoms with van der Waals surface area (Å²) in [5.74, 6) is 2.83. The van der Waals surface area contributed by atoms with Gasteiger partial charge in [0.05, 0.1) is 5.69 Å². The number of halogens is 1. The van der Waals surface area contributed by atoms with Gasteiger partial charge in [-0.25, -0.2) is 4.39 Å². The summed E-state index contributed by atoms with van der Waals surface area (Å²) < 4.78 is 30.1. The molecule has 7 nitrogen and oxygen atoms in total. The molecular formula is C27H28FN3O4. The molecule has 1 fully saturated rings. The standard InChI is InChI=1S/C27H28FN3O4/c1-19-29-26-11-10-25(16-27(26)34-19)33-18-22(32)17-30-12-14-31(15-13-30)21-4-8-24(9-5-21)35-23-6-2-20(28)3-7-23/h2-11,16,22,29,32H,1,12-15,17-18H2/t22-/m0/s1. The summed E-state index contributed by atoms with van der Waals surface area (Å²) in [5, 5.41) is 13.5. The first kappa shape index (κ1) is 23.0. The van der Waals surface area contributed by atoms with Crippen LogP contribution in [0.2, 0.25) is 0 Å². The van der Waals surface area contributed by atoms with Gasteiger partial charge in [0, 0.05) is 44.5 Å². The summed E-state index contributed by atoms with van der Waals surface area (Å²) in [5.41, 5.74) is 1.98. The minimum Gasteiger partial charge on any atom is -0.491 e. The van der Waals surface area contributed by atoms with Crippen molar-refractivity contribution in [3.63, 3.8) is 0 Å². The third-order valence-corrected chi connectivity index (χ3v) is 6.00. The maximum Gasteiger partial charge on any atom is 0.190 e. The second-order valence-corrected chi connectivity index (χ2v) is 8.61. The number of aliphatic hydroxyl groups excluding tert-OH is 1. The van der Waals surface area contributed by atoms with Crippen LogP contribution in [0.25, 0.3) is 0 Å². The quantitative estimate of drug-likeness (QED) is 0.497. The van der Waals surface area contributed by atoms with Crippen LogP contribution in [-0.2, 0) is 0 Å². The normalized spacial score (nSPS) is 16.3. The van der Waals surface area contributed by atoms with Gasteiger partial charge in [0.1, 0.15) is 35.8 Å². The van der Waals surface area contributed by atoms with Crippen LogP contribution < -0.4 is 24.4 Å². The van der Waals surface area contributed by atoms with Crippen molar-refractivity contribution in [3.8, 4) is 23.0 Å². The Morgan fingerprint density at radius 2 is 1.60 bits per heavy atom. The Balaban J connectivity index is 1.05. The number of hydrogen-bond acceptors (Lipinski definition) is 7. The van der Waals surface area contributed by atoms with E-state index in [1.165, 1.54) is 12.1 Å². The van der Waals surface area contributed by atoms with Crippen molar-refractivity contribution in [1.29, 1.82) is 0 Å². The number of ether oxygens (including phenoxy) is 3. The molecule has 8 heteroatoms. The van der Waals surface area contributed by atoms with Gasteiger partial charge in [-0.15, -0.1) is 0 Å². The second kappa shape index (κ2) is 10.2. The van der Waals surface area contributed by atoms with Crippen molar-refractivity contribution in [2.24, 2.45) is 0 Å². The van der Waals surface area contributed by atoms with Crippen molar-refractivity contribution in [1.82, 2.24) is 4.90 Å². The first-order valence-electron chi connectivity index (χ1n) is 11.6. The summed E-state index contributed by atoms with van der Waals surface area (Å²) >= 11 is 0. The van der Waals surface area contributed by atoms with Gasteiger partial charge in [-0.1, -0.05) is 0 Å². The molecule has 1 saturated heterocycles. The van der Waals surface area contributed by atoms with E-state index in [2.05, 4.69) is 21.7 Å². The monoisotopic (exact) mass is 477 g/mol. The van der Waals surface area contributed by atoms with Crippen molar-refractivity contribution >= 4 is 11.4 Å². The zero-order valence-corrected chi connectivity index (χ0v) is 19.3. The molecule has 3 aromatic rings. The first-order chi connectivity index (χ1) is 17.0. The van der Waals surface area contributed by atoms with E-state index >= 15 is 0 Å². The van der Waals surface area contributed by atoms with Gasteiger partial charge in [0.2, 0.25) is 0 Å². The summed E-state index contributed by atoms with van der Waals surface area (Å²) in [6.07, 6.45) is -0.591. The lowest BCUT2D eigenvalue weighted by atomic mass is 10.2. The number of anilines is 2. The van der Waals surface area contributed by atoms with Crippen LogP contribution in [0, 0.1) is 5.82 Å². The largest absolute Gasteiger partial charge is 0.491 e. The zero-order valence-electron chi connectivity index (χ0n) is 19.3. The summed E-state index contributed by atoms with van der Waals surface area (Å²) in [6, 6.07) is 19.4. The SMILES string of the molecule is C=C1Nc2ccc(OC[C@@H](O)CN3CCN(c4ccc(Oc5ccc(F)cc5)cc4)CC3)cc2O1. The fourth-order valence-electron chi connectivity index (χ4n) is 4.18. The molecule has 2 N–H and O–H groups in total. The third-order valence-electron chi connectivity index (χ3n) is 6.00. The Hall–Kier alpha value is -3.75. The van der Waals surface area contributed by atoms with Crippen LogP contribution in [0.5, 0.6) is 23.0 Å². The highest BCUT2D eigenvalue weighted by Crippen LogP contribution is 2.35. The van der Waals surface area contributed by atoms with Crippen molar-refractivity contribution in [3.05, 3.63) is 85.0 Å². The number of benzene rings is 3. The van der Waals surface area contributed by atoms with E-state index in [-0.39, 0.29) is 12.4 Å². The Morgan fingerprint density at radius 1 is 0.943 bits per heavy atom. The number of hydrogen-bond donors (Lipinski definition) is 2. The van der Waals surface area contributed by atoms with Gasteiger partial charge in [-0.3, -0.25) is 4.90 Å². The second-order valence-electron chi connectivity index (χ2n) is 8.61. The van der Waals surface area contributed by atoms with Crippen molar-refractivity contribution in [2.75, 3.05) is 49.5 Å². The highest BCUT2D eigenvalue weighted by Gasteiger charge is 2.21. The number of nitrogens with one attached hydrogen (secondary N) is 1. The lowest BCUT2D eigenvalue weighted by Gasteiger charge is -2.36. The molecule has 0 aliphatic carbocycles. The van der Waals surface area contributed by atoms with E-state index in [0.29, 0.717) is 35.4 Å². The van der Waals surface area contributed by atoms with Crippen LogP contribution in [0.3, 0.4) is 0 Å². The van der Waals surface area contributed by atoms with E-state index in [0.717, 1.165) is 37.6 Å². The number of rotatable bonds is 8. The molecule has 0 radical (unpaired) electrons. The minimum absolute atomic E-state index is 0.211. The van der Waals surface area contributed by atoms with Gasteiger partial charge in [-0.2, -0.15) is 0 Å². The van der Waals surface area contributed by atoms with Crippen LogP contribution in [0.15, 0.2) is 79.2 Å². The van der Waals surface area contributed by atoms with Crippen LogP contribution >= 0.6 is 0 Å². The molecule has 2 aliphatic rings. The van der Waals surface area contributed by atoms with Gasteiger partial charge in [0.25, 0.3) is 0 Å². The molecule has 2 heterocycles. The van der Waals surface area contributed by atoms with Gasteiger partial charge < -0.3 is 29.5 Å². The molecule has 2 aliphatic heterocycles. The molecule has 3 aromatic carbocycles. The Morgan fingerprint density at radius 3 is 2.31 bits per heavy atom. The Kier molecular flexibility index (Phi) is 6.74. The maximum absolute atomic E-state index is 13.0. The predicted molar refractivity (Wildman–Crippen MR) is 133 cm³/mol. The molecule has 182 valence electrons. The number of aliphatic hydroxyl groups is 1. The number of piperazine rings is 1. The molecule has 0 saturated carbocycles. The highest BCUT2D eigenvalue weighted by atomic mass is 19.1. The molecule has 0 bridgehead atoms. The fraction of sp³-hybridized carbons (Fsp3) is 0.259. The molecule has 0 amide bonds. The zero-order chi connectivity index (χ0) is 24.2. The van der Waals surface area contributed by atoms with Gasteiger partial charge in [-0.05, 0) is 67.2 Å². The van der Waals surface area contributed by atoms with Gasteiger partial charge in [0.15, 0.2) is 11.6 Å². The summed E-state index contributed by atoms with van der Waals surface area (Å²) in [6.45, 7) is 7.95. The molecular weight excluding hydrogens is 449 g/mol. The molecule has 0 spiro atoms. The first-order valence-corrected chi connectivity index (χ1v) is 11.6. The van der Waals surface area contributed by atoms with Crippen molar-refractivity contribution < 1.29 is 23.7 Å². The number of fused-ring (bicyclic) bond motifs is 1. The molecule has 1 atom stereocenters. The molecule has 35 heavy (non-hydrogen) atoms. The molecule has 0 aromatic heterocycles. The fourth-order valence-corrected chi connectivity index (χ4v) is 4.18. The lowest BCUT2D eigenvalue weighted by molar-refractivity contribution is 0.0662. The van der Waals surface area contributed by atoms with E-state index in [1.807, 2.05) is 36.4 Å². The minimum atomic E-state index is -0.591. The third kappa shape index (κ3) is 5.85. The molecule has 0 unspecified atom stereocenters. The highest BCUT2D eigenvalue weighted by molar-refractivity contribution is 5.65. The summed E-state index contributed by atoms with van der Waals surface area (Å²) in [7, 11) is 0. The topological polar surface area (TPSA) is 66.4 Å². The smallest absolute Gasteiger partial charge is 0.190 e. The van der Waals surface area contributed by atoms with Crippen LogP contribution in [-0.4, -0.2) is 55.4 Å². The lowest BCUT2D eigenvalue weighted by Crippen LogP contribution is -2.49. The molecule has 5 rings (SSSR count). The van der Waals surface area contributed by atoms with Crippen LogP contribution in [0.1, 0.15) is 0 Å². The summed E-state index contributed by atoms with van der Waals surface area (Å²) in [4.78, 5) is 4.56. The van der Waals surface area contributed by atoms with Crippen LogP contribution in [0.4, 0.5) is 15.8 Å². The maximum atomic E-state index is 13.0. The average molecular weight is 478 g/mol. The van der Waals surface area contributed by atoms with E-state index in [9.17, 15) is 9.50 Å². The van der Waals surface area contributed by atoms with E-state index < -0.39 is 6.10 Å². The average Bonchev–Trinajstić information content (AvgIpc) is 3.24. The number of β-amino-alcohol motifs (C(OH)–C–C–N with tert-alkyl or cyclic N) is 1. The van der Waals surface area contributed by atoms with Gasteiger partial charge >= 0.3 is 0 Å².